The molecule has 0 bridgehead atoms. The van der Waals surface area contributed by atoms with Gasteiger partial charge in [0.25, 0.3) is 22.7 Å². The van der Waals surface area contributed by atoms with Gasteiger partial charge in [0.05, 0.1) is 14.7 Å². The number of nitrogens with zero attached hydrogens (tertiary/aromatic N) is 4. The van der Waals surface area contributed by atoms with Crippen LogP contribution in [0.4, 0.5) is 14.9 Å². The number of halogens is 1. The van der Waals surface area contributed by atoms with Crippen molar-refractivity contribution in [2.75, 3.05) is 13.1 Å². The first-order valence-corrected chi connectivity index (χ1v) is 11.6. The summed E-state index contributed by atoms with van der Waals surface area (Å²) in [4.78, 5) is 53.5. The monoisotopic (exact) mass is 514 g/mol. The van der Waals surface area contributed by atoms with Crippen LogP contribution in [-0.2, 0) is 4.79 Å². The van der Waals surface area contributed by atoms with Crippen LogP contribution in [0.1, 0.15) is 15.9 Å². The van der Waals surface area contributed by atoms with Crippen molar-refractivity contribution >= 4 is 52.3 Å². The predicted octanol–water partition coefficient (Wildman–Crippen LogP) is 3.47. The van der Waals surface area contributed by atoms with Crippen LogP contribution >= 0.6 is 23.5 Å². The van der Waals surface area contributed by atoms with Crippen LogP contribution in [0.25, 0.3) is 6.08 Å². The zero-order valence-corrected chi connectivity index (χ0v) is 19.3. The first-order valence-electron chi connectivity index (χ1n) is 9.92. The van der Waals surface area contributed by atoms with Gasteiger partial charge in [0.15, 0.2) is 5.16 Å². The van der Waals surface area contributed by atoms with Crippen molar-refractivity contribution in [2.24, 2.45) is 0 Å². The van der Waals surface area contributed by atoms with Gasteiger partial charge in [-0.1, -0.05) is 12.1 Å². The number of nitrogens with one attached hydrogen (secondary N) is 2. The van der Waals surface area contributed by atoms with E-state index >= 15 is 0 Å². The van der Waals surface area contributed by atoms with E-state index < -0.39 is 27.8 Å². The molecule has 1 aliphatic rings. The molecule has 4 rings (SSSR count). The summed E-state index contributed by atoms with van der Waals surface area (Å²) in [5.74, 6) is -1.54. The SMILES string of the molecule is O=C(NCCN1C(=O)S/C(=C\c2ccc(F)cc2)C1=O)c1ccc(Sc2ncn[nH]2)c([N+](=O)[O-])c1. The van der Waals surface area contributed by atoms with Crippen molar-refractivity contribution in [3.8, 4) is 0 Å². The first kappa shape index (κ1) is 24.1. The van der Waals surface area contributed by atoms with E-state index in [2.05, 4.69) is 20.5 Å². The Morgan fingerprint density at radius 3 is 2.71 bits per heavy atom. The van der Waals surface area contributed by atoms with E-state index in [9.17, 15) is 28.9 Å². The smallest absolute Gasteiger partial charge is 0.293 e. The molecule has 11 nitrogen and oxygen atoms in total. The molecule has 3 amide bonds. The van der Waals surface area contributed by atoms with Crippen molar-refractivity contribution in [1.29, 1.82) is 0 Å². The average Bonchev–Trinajstić information content (AvgIpc) is 3.44. The van der Waals surface area contributed by atoms with Crippen LogP contribution < -0.4 is 5.32 Å². The van der Waals surface area contributed by atoms with Gasteiger partial charge in [-0.05, 0) is 59.4 Å². The molecule has 3 aromatic rings. The van der Waals surface area contributed by atoms with Gasteiger partial charge in [-0.3, -0.25) is 34.5 Å². The number of carbonyl (C=O) groups excluding carboxylic acids is 3. The summed E-state index contributed by atoms with van der Waals surface area (Å²) in [6, 6.07) is 9.45. The number of imide groups is 1. The van der Waals surface area contributed by atoms with Crippen LogP contribution in [-0.4, -0.2) is 55.1 Å². The van der Waals surface area contributed by atoms with Gasteiger partial charge in [-0.15, -0.1) is 0 Å². The molecule has 1 saturated heterocycles. The largest absolute Gasteiger partial charge is 0.350 e. The second-order valence-electron chi connectivity index (χ2n) is 6.97. The van der Waals surface area contributed by atoms with Crippen molar-refractivity contribution in [2.45, 2.75) is 10.1 Å². The fourth-order valence-electron chi connectivity index (χ4n) is 3.02. The summed E-state index contributed by atoms with van der Waals surface area (Å²) < 4.78 is 13.1. The molecule has 0 saturated carbocycles. The number of nitro benzene ring substituents is 1. The Morgan fingerprint density at radius 2 is 2.03 bits per heavy atom. The number of aromatic nitrogens is 3. The number of aromatic amines is 1. The van der Waals surface area contributed by atoms with Crippen LogP contribution in [0.15, 0.2) is 63.7 Å². The molecule has 2 heterocycles. The van der Waals surface area contributed by atoms with Crippen molar-refractivity contribution in [3.63, 3.8) is 0 Å². The lowest BCUT2D eigenvalue weighted by atomic mass is 10.2. The molecule has 14 heteroatoms. The van der Waals surface area contributed by atoms with Crippen LogP contribution in [0.2, 0.25) is 0 Å². The summed E-state index contributed by atoms with van der Waals surface area (Å²) in [5, 5.41) is 20.2. The molecule has 178 valence electrons. The van der Waals surface area contributed by atoms with E-state index in [-0.39, 0.29) is 34.1 Å². The lowest BCUT2D eigenvalue weighted by molar-refractivity contribution is -0.387. The second-order valence-corrected chi connectivity index (χ2v) is 9.00. The fraction of sp³-hybridized carbons (Fsp3) is 0.0952. The predicted molar refractivity (Wildman–Crippen MR) is 125 cm³/mol. The maximum atomic E-state index is 13.1. The molecule has 0 radical (unpaired) electrons. The Morgan fingerprint density at radius 1 is 1.26 bits per heavy atom. The van der Waals surface area contributed by atoms with Gasteiger partial charge in [0.1, 0.15) is 12.1 Å². The Labute approximate surface area is 205 Å². The third-order valence-electron chi connectivity index (χ3n) is 4.68. The number of hydrogen-bond donors (Lipinski definition) is 2. The summed E-state index contributed by atoms with van der Waals surface area (Å²) in [6.45, 7) is -0.137. The minimum atomic E-state index is -0.608. The summed E-state index contributed by atoms with van der Waals surface area (Å²) in [6.07, 6.45) is 2.76. The molecular weight excluding hydrogens is 499 g/mol. The maximum Gasteiger partial charge on any atom is 0.293 e. The van der Waals surface area contributed by atoms with Gasteiger partial charge in [-0.25, -0.2) is 9.37 Å². The zero-order valence-electron chi connectivity index (χ0n) is 17.6. The normalized spacial score (nSPS) is 14.5. The highest BCUT2D eigenvalue weighted by molar-refractivity contribution is 8.18. The van der Waals surface area contributed by atoms with Gasteiger partial charge >= 0.3 is 0 Å². The Bertz CT molecular complexity index is 1330. The number of rotatable bonds is 8. The number of carbonyl (C=O) groups is 3. The topological polar surface area (TPSA) is 151 Å². The van der Waals surface area contributed by atoms with Crippen molar-refractivity contribution in [3.05, 3.63) is 80.8 Å². The van der Waals surface area contributed by atoms with Crippen LogP contribution in [0.3, 0.4) is 0 Å². The number of thioether (sulfide) groups is 1. The van der Waals surface area contributed by atoms with Gasteiger partial charge in [-0.2, -0.15) is 5.10 Å². The van der Waals surface area contributed by atoms with Crippen molar-refractivity contribution in [1.82, 2.24) is 25.4 Å². The molecule has 0 spiro atoms. The molecule has 2 N–H and O–H groups in total. The molecule has 0 aliphatic carbocycles. The molecule has 2 aromatic carbocycles. The van der Waals surface area contributed by atoms with E-state index in [1.165, 1.54) is 48.8 Å². The lowest BCUT2D eigenvalue weighted by Gasteiger charge is -2.13. The van der Waals surface area contributed by atoms with E-state index in [0.717, 1.165) is 34.5 Å². The fourth-order valence-corrected chi connectivity index (χ4v) is 4.67. The molecule has 0 unspecified atom stereocenters. The molecular formula is C21H15FN6O5S2. The third-order valence-corrected chi connectivity index (χ3v) is 6.54. The Balaban J connectivity index is 1.37. The van der Waals surface area contributed by atoms with Gasteiger partial charge in [0, 0.05) is 24.7 Å². The first-order chi connectivity index (χ1) is 16.8. The van der Waals surface area contributed by atoms with E-state index in [4.69, 9.17) is 0 Å². The van der Waals surface area contributed by atoms with E-state index in [1.54, 1.807) is 0 Å². The molecule has 0 atom stereocenters. The summed E-state index contributed by atoms with van der Waals surface area (Å²) >= 11 is 1.74. The Kier molecular flexibility index (Phi) is 7.22. The molecule has 1 aliphatic heterocycles. The standard InChI is InChI=1S/C21H15FN6O5S2/c22-14-4-1-12(2-5-14)9-17-19(30)27(21(31)35-17)8-7-23-18(29)13-3-6-16(15(10-13)28(32)33)34-20-24-11-25-26-20/h1-6,9-11H,7-8H2,(H,23,29)(H,24,25,26)/b17-9-. The minimum Gasteiger partial charge on any atom is -0.350 e. The van der Waals surface area contributed by atoms with E-state index in [1.807, 2.05) is 0 Å². The van der Waals surface area contributed by atoms with E-state index in [0.29, 0.717) is 10.7 Å². The minimum absolute atomic E-state index is 0.0453. The van der Waals surface area contributed by atoms with Crippen LogP contribution in [0, 0.1) is 15.9 Å². The van der Waals surface area contributed by atoms with Gasteiger partial charge < -0.3 is 5.32 Å². The second kappa shape index (κ2) is 10.5. The van der Waals surface area contributed by atoms with Gasteiger partial charge in [0.2, 0.25) is 0 Å². The zero-order chi connectivity index (χ0) is 24.9. The molecule has 35 heavy (non-hydrogen) atoms. The van der Waals surface area contributed by atoms with Crippen LogP contribution in [0.5, 0.6) is 0 Å². The number of benzene rings is 2. The quantitative estimate of drug-likeness (QED) is 0.261. The summed E-state index contributed by atoms with van der Waals surface area (Å²) in [5.41, 5.74) is 0.330. The Hall–Kier alpha value is -4.04. The number of amides is 3. The average molecular weight is 515 g/mol. The number of nitro groups is 1. The highest BCUT2D eigenvalue weighted by Crippen LogP contribution is 2.34. The van der Waals surface area contributed by atoms with Crippen molar-refractivity contribution < 1.29 is 23.7 Å². The molecule has 1 aromatic heterocycles. The highest BCUT2D eigenvalue weighted by Gasteiger charge is 2.34. The lowest BCUT2D eigenvalue weighted by Crippen LogP contribution is -2.37. The number of H-pyrrole nitrogens is 1. The highest BCUT2D eigenvalue weighted by atomic mass is 32.2. The maximum absolute atomic E-state index is 13.1. The summed E-state index contributed by atoms with van der Waals surface area (Å²) in [7, 11) is 0. The number of hydrogen-bond acceptors (Lipinski definition) is 9. The molecule has 1 fully saturated rings. The third kappa shape index (κ3) is 5.73.